The molecule has 0 radical (unpaired) electrons. The van der Waals surface area contributed by atoms with Crippen molar-refractivity contribution < 1.29 is 13.2 Å². The van der Waals surface area contributed by atoms with E-state index in [1.807, 2.05) is 30.3 Å². The first-order valence-corrected chi connectivity index (χ1v) is 10.4. The molecular formula is C20H23N3O3S. The number of nitriles is 1. The molecular weight excluding hydrogens is 362 g/mol. The van der Waals surface area contributed by atoms with Crippen molar-refractivity contribution in [1.29, 1.82) is 5.26 Å². The van der Waals surface area contributed by atoms with Crippen LogP contribution >= 0.6 is 0 Å². The van der Waals surface area contributed by atoms with Gasteiger partial charge in [-0.3, -0.25) is 4.90 Å². The first-order valence-electron chi connectivity index (χ1n) is 8.91. The second kappa shape index (κ2) is 8.53. The summed E-state index contributed by atoms with van der Waals surface area (Å²) in [5.41, 5.74) is 1.46. The second-order valence-electron chi connectivity index (χ2n) is 6.52. The molecule has 0 bridgehead atoms. The van der Waals surface area contributed by atoms with Gasteiger partial charge in [-0.05, 0) is 67.9 Å². The van der Waals surface area contributed by atoms with E-state index in [1.54, 1.807) is 7.11 Å². The quantitative estimate of drug-likeness (QED) is 0.792. The van der Waals surface area contributed by atoms with Gasteiger partial charge in [0, 0.05) is 12.6 Å². The van der Waals surface area contributed by atoms with Crippen molar-refractivity contribution in [3.05, 3.63) is 59.7 Å². The summed E-state index contributed by atoms with van der Waals surface area (Å²) >= 11 is 0. The van der Waals surface area contributed by atoms with E-state index in [2.05, 4.69) is 9.62 Å². The Hall–Kier alpha value is -2.40. The van der Waals surface area contributed by atoms with E-state index in [4.69, 9.17) is 10.00 Å². The Morgan fingerprint density at radius 2 is 1.89 bits per heavy atom. The van der Waals surface area contributed by atoms with Crippen LogP contribution in [0.2, 0.25) is 0 Å². The van der Waals surface area contributed by atoms with Crippen LogP contribution in [0.4, 0.5) is 0 Å². The van der Waals surface area contributed by atoms with Crippen molar-refractivity contribution >= 4 is 10.0 Å². The zero-order valence-corrected chi connectivity index (χ0v) is 16.1. The van der Waals surface area contributed by atoms with Gasteiger partial charge in [0.25, 0.3) is 0 Å². The molecule has 1 atom stereocenters. The molecule has 0 aromatic heterocycles. The maximum absolute atomic E-state index is 12.7. The zero-order chi connectivity index (χ0) is 19.3. The van der Waals surface area contributed by atoms with Crippen LogP contribution in [0, 0.1) is 11.3 Å². The Balaban J connectivity index is 1.80. The van der Waals surface area contributed by atoms with Gasteiger partial charge in [0.15, 0.2) is 0 Å². The van der Waals surface area contributed by atoms with Crippen LogP contribution in [0.5, 0.6) is 5.75 Å². The Bertz CT molecular complexity index is 914. The molecule has 1 aliphatic rings. The lowest BCUT2D eigenvalue weighted by Crippen LogP contribution is -2.36. The summed E-state index contributed by atoms with van der Waals surface area (Å²) in [4.78, 5) is 2.46. The maximum Gasteiger partial charge on any atom is 0.240 e. The lowest BCUT2D eigenvalue weighted by Gasteiger charge is -2.28. The molecule has 0 spiro atoms. The number of likely N-dealkylation sites (tertiary alicyclic amines) is 1. The average Bonchev–Trinajstić information content (AvgIpc) is 3.23. The summed E-state index contributed by atoms with van der Waals surface area (Å²) in [6.07, 6.45) is 2.23. The summed E-state index contributed by atoms with van der Waals surface area (Å²) in [7, 11) is -2.03. The number of nitrogens with one attached hydrogen (secondary N) is 1. The summed E-state index contributed by atoms with van der Waals surface area (Å²) in [5.74, 6) is 0.756. The molecule has 1 aliphatic heterocycles. The summed E-state index contributed by atoms with van der Waals surface area (Å²) in [6.45, 7) is 2.16. The molecule has 1 heterocycles. The van der Waals surface area contributed by atoms with Crippen molar-refractivity contribution in [2.75, 3.05) is 26.7 Å². The van der Waals surface area contributed by atoms with Gasteiger partial charge in [-0.15, -0.1) is 0 Å². The highest BCUT2D eigenvalue weighted by Crippen LogP contribution is 2.27. The molecule has 142 valence electrons. The minimum absolute atomic E-state index is 0.0595. The van der Waals surface area contributed by atoms with Crippen LogP contribution in [0.1, 0.15) is 30.0 Å². The van der Waals surface area contributed by atoms with Gasteiger partial charge in [0.1, 0.15) is 5.75 Å². The monoisotopic (exact) mass is 385 g/mol. The van der Waals surface area contributed by atoms with Crippen molar-refractivity contribution in [3.8, 4) is 11.8 Å². The molecule has 1 fully saturated rings. The van der Waals surface area contributed by atoms with Gasteiger partial charge >= 0.3 is 0 Å². The minimum atomic E-state index is -3.65. The minimum Gasteiger partial charge on any atom is -0.497 e. The van der Waals surface area contributed by atoms with Crippen LogP contribution in [0.15, 0.2) is 53.4 Å². The lowest BCUT2D eigenvalue weighted by atomic mass is 10.1. The van der Waals surface area contributed by atoms with Gasteiger partial charge in [0.05, 0.1) is 23.6 Å². The van der Waals surface area contributed by atoms with E-state index in [9.17, 15) is 8.42 Å². The summed E-state index contributed by atoms with van der Waals surface area (Å²) in [5, 5.41) is 8.87. The van der Waals surface area contributed by atoms with E-state index in [1.165, 1.54) is 24.3 Å². The number of ether oxygens (including phenoxy) is 1. The average molecular weight is 385 g/mol. The highest BCUT2D eigenvalue weighted by molar-refractivity contribution is 7.89. The normalized spacial score (nSPS) is 16.0. The third-order valence-electron chi connectivity index (χ3n) is 4.82. The maximum atomic E-state index is 12.7. The van der Waals surface area contributed by atoms with Crippen LogP contribution in [0.3, 0.4) is 0 Å². The first-order chi connectivity index (χ1) is 13.0. The highest BCUT2D eigenvalue weighted by atomic mass is 32.2. The number of hydrogen-bond acceptors (Lipinski definition) is 5. The smallest absolute Gasteiger partial charge is 0.240 e. The van der Waals surface area contributed by atoms with E-state index in [0.717, 1.165) is 37.2 Å². The Labute approximate surface area is 160 Å². The van der Waals surface area contributed by atoms with Gasteiger partial charge in [-0.1, -0.05) is 12.1 Å². The molecule has 27 heavy (non-hydrogen) atoms. The zero-order valence-electron chi connectivity index (χ0n) is 15.3. The molecule has 1 N–H and O–H groups in total. The van der Waals surface area contributed by atoms with Crippen molar-refractivity contribution in [2.45, 2.75) is 23.8 Å². The molecule has 7 heteroatoms. The Morgan fingerprint density at radius 3 is 2.52 bits per heavy atom. The summed E-state index contributed by atoms with van der Waals surface area (Å²) in [6, 6.07) is 15.6. The highest BCUT2D eigenvalue weighted by Gasteiger charge is 2.26. The van der Waals surface area contributed by atoms with Crippen LogP contribution in [-0.4, -0.2) is 40.1 Å². The fourth-order valence-corrected chi connectivity index (χ4v) is 4.38. The van der Waals surface area contributed by atoms with Crippen molar-refractivity contribution in [2.24, 2.45) is 0 Å². The number of benzene rings is 2. The number of nitrogens with zero attached hydrogens (tertiary/aromatic N) is 2. The van der Waals surface area contributed by atoms with Gasteiger partial charge in [-0.25, -0.2) is 13.1 Å². The molecule has 1 unspecified atom stereocenters. The number of methoxy groups -OCH3 is 1. The van der Waals surface area contributed by atoms with Crippen LogP contribution < -0.4 is 9.46 Å². The van der Waals surface area contributed by atoms with E-state index in [-0.39, 0.29) is 17.5 Å². The molecule has 0 saturated carbocycles. The Kier molecular flexibility index (Phi) is 6.11. The molecule has 2 aromatic rings. The van der Waals surface area contributed by atoms with Crippen molar-refractivity contribution in [1.82, 2.24) is 9.62 Å². The number of rotatable bonds is 7. The predicted octanol–water partition coefficient (Wildman–Crippen LogP) is 2.68. The van der Waals surface area contributed by atoms with E-state index < -0.39 is 10.0 Å². The van der Waals surface area contributed by atoms with Crippen molar-refractivity contribution in [3.63, 3.8) is 0 Å². The van der Waals surface area contributed by atoms with Crippen LogP contribution in [-0.2, 0) is 10.0 Å². The second-order valence-corrected chi connectivity index (χ2v) is 8.29. The third-order valence-corrected chi connectivity index (χ3v) is 6.26. The van der Waals surface area contributed by atoms with Gasteiger partial charge in [-0.2, -0.15) is 5.26 Å². The van der Waals surface area contributed by atoms with Crippen LogP contribution in [0.25, 0.3) is 0 Å². The van der Waals surface area contributed by atoms with E-state index in [0.29, 0.717) is 5.56 Å². The van der Waals surface area contributed by atoms with Gasteiger partial charge in [0.2, 0.25) is 10.0 Å². The molecule has 6 nitrogen and oxygen atoms in total. The van der Waals surface area contributed by atoms with E-state index >= 15 is 0 Å². The lowest BCUT2D eigenvalue weighted by molar-refractivity contribution is 0.246. The summed E-state index contributed by atoms with van der Waals surface area (Å²) < 4.78 is 33.4. The molecule has 2 aromatic carbocycles. The SMILES string of the molecule is COc1cccc(C(CNS(=O)(=O)c2ccc(C#N)cc2)N2CCCC2)c1. The standard InChI is InChI=1S/C20H23N3O3S/c1-26-18-6-4-5-17(13-18)20(23-11-2-3-12-23)15-22-27(24,25)19-9-7-16(14-21)8-10-19/h4-10,13,20,22H,2-3,11-12,15H2,1H3. The molecule has 3 rings (SSSR count). The fourth-order valence-electron chi connectivity index (χ4n) is 3.34. The Morgan fingerprint density at radius 1 is 1.19 bits per heavy atom. The topological polar surface area (TPSA) is 82.4 Å². The molecule has 0 amide bonds. The fraction of sp³-hybridized carbons (Fsp3) is 0.350. The predicted molar refractivity (Wildman–Crippen MR) is 103 cm³/mol. The third kappa shape index (κ3) is 4.66. The largest absolute Gasteiger partial charge is 0.497 e. The number of sulfonamides is 1. The van der Waals surface area contributed by atoms with Gasteiger partial charge < -0.3 is 4.74 Å². The molecule has 0 aliphatic carbocycles. The molecule has 1 saturated heterocycles. The first kappa shape index (κ1) is 19.4. The number of hydrogen-bond donors (Lipinski definition) is 1.